The Labute approximate surface area is 188 Å². The van der Waals surface area contributed by atoms with Gasteiger partial charge < -0.3 is 25.6 Å². The van der Waals surface area contributed by atoms with Crippen LogP contribution in [-0.2, 0) is 14.4 Å². The molecule has 3 atom stereocenters. The molecule has 1 unspecified atom stereocenters. The molecule has 3 N–H and O–H groups in total. The van der Waals surface area contributed by atoms with E-state index in [9.17, 15) is 19.6 Å². The number of hydrogen-bond donors (Lipinski definition) is 3. The van der Waals surface area contributed by atoms with Crippen molar-refractivity contribution in [2.75, 3.05) is 23.7 Å². The Morgan fingerprint density at radius 3 is 2.38 bits per heavy atom. The lowest BCUT2D eigenvalue weighted by Gasteiger charge is -2.58. The quantitative estimate of drug-likeness (QED) is 0.318. The number of quaternary nitrogens is 1. The molecular formula is C24H33N3O5. The Bertz CT molecular complexity index is 897. The van der Waals surface area contributed by atoms with Crippen molar-refractivity contribution in [3.8, 4) is 0 Å². The first-order valence-corrected chi connectivity index (χ1v) is 11.3. The molecule has 8 nitrogen and oxygen atoms in total. The van der Waals surface area contributed by atoms with Crippen LogP contribution in [0, 0.1) is 10.6 Å². The summed E-state index contributed by atoms with van der Waals surface area (Å²) >= 11 is 0. The zero-order valence-electron chi connectivity index (χ0n) is 18.9. The van der Waals surface area contributed by atoms with Gasteiger partial charge in [0.25, 0.3) is 5.91 Å². The van der Waals surface area contributed by atoms with Crippen LogP contribution < -0.4 is 10.6 Å². The molecule has 32 heavy (non-hydrogen) atoms. The van der Waals surface area contributed by atoms with E-state index in [0.29, 0.717) is 17.9 Å². The zero-order chi connectivity index (χ0) is 23.4. The molecule has 2 aliphatic rings. The summed E-state index contributed by atoms with van der Waals surface area (Å²) in [5.41, 5.74) is 2.31. The van der Waals surface area contributed by atoms with E-state index in [4.69, 9.17) is 5.11 Å². The first kappa shape index (κ1) is 23.9. The Hall–Kier alpha value is -2.71. The number of carboxylic acids is 1. The largest absolute Gasteiger partial charge is 0.632 e. The molecule has 1 aromatic carbocycles. The molecule has 0 aromatic heterocycles. The van der Waals surface area contributed by atoms with Crippen molar-refractivity contribution < 1.29 is 24.1 Å². The first-order valence-electron chi connectivity index (χ1n) is 11.3. The first-order chi connectivity index (χ1) is 15.1. The number of hydroxylamine groups is 3. The van der Waals surface area contributed by atoms with Gasteiger partial charge in [-0.25, -0.2) is 0 Å². The molecule has 1 heterocycles. The van der Waals surface area contributed by atoms with Crippen molar-refractivity contribution in [3.63, 3.8) is 0 Å². The minimum Gasteiger partial charge on any atom is -0.632 e. The number of aliphatic carboxylic acids is 1. The normalized spacial score (nSPS) is 27.1. The van der Waals surface area contributed by atoms with E-state index in [2.05, 4.69) is 30.6 Å². The number of nitrogens with zero attached hydrogens (tertiary/aromatic N) is 1. The number of piperidine rings is 1. The van der Waals surface area contributed by atoms with Crippen LogP contribution in [0.3, 0.4) is 0 Å². The summed E-state index contributed by atoms with van der Waals surface area (Å²) in [7, 11) is 0. The number of fused-ring (bicyclic) bond motifs is 1. The SMILES string of the molecule is CC1=C[C@]2(C)CCC[N+]([O-])(CC(=O)Nc3ccc(NC(=O)CCCC(=O)O)cc3)[C@@H]2CC1. The van der Waals surface area contributed by atoms with E-state index in [1.165, 1.54) is 5.57 Å². The molecule has 1 aliphatic carbocycles. The van der Waals surface area contributed by atoms with Gasteiger partial charge in [0.15, 0.2) is 6.54 Å². The Kier molecular flexibility index (Phi) is 7.36. The van der Waals surface area contributed by atoms with E-state index in [0.717, 1.165) is 25.7 Å². The average molecular weight is 444 g/mol. The Morgan fingerprint density at radius 1 is 1.12 bits per heavy atom. The van der Waals surface area contributed by atoms with Crippen LogP contribution in [0.1, 0.15) is 58.8 Å². The van der Waals surface area contributed by atoms with E-state index < -0.39 is 10.6 Å². The monoisotopic (exact) mass is 443 g/mol. The molecule has 0 radical (unpaired) electrons. The number of allylic oxidation sites excluding steroid dienone is 1. The summed E-state index contributed by atoms with van der Waals surface area (Å²) in [4.78, 5) is 35.1. The Balaban J connectivity index is 1.55. The third kappa shape index (κ3) is 5.95. The van der Waals surface area contributed by atoms with Gasteiger partial charge in [0.05, 0.1) is 12.6 Å². The number of rotatable bonds is 8. The number of carbonyl (C=O) groups is 3. The average Bonchev–Trinajstić information content (AvgIpc) is 2.68. The number of benzene rings is 1. The standard InChI is InChI=1S/C24H33N3O5/c1-17-7-12-20-24(2,15-17)13-4-14-27(20,32)16-22(29)26-19-10-8-18(9-11-19)25-21(28)5-3-6-23(30)31/h8-11,15,20H,3-7,12-14,16H2,1-2H3,(H,25,28)(H,26,29)(H,30,31)/t20-,24+,27?/m1/s1. The topological polar surface area (TPSA) is 119 Å². The predicted molar refractivity (Wildman–Crippen MR) is 123 cm³/mol. The van der Waals surface area contributed by atoms with Crippen molar-refractivity contribution >= 4 is 29.2 Å². The third-order valence-electron chi connectivity index (χ3n) is 6.63. The van der Waals surface area contributed by atoms with E-state index >= 15 is 0 Å². The van der Waals surface area contributed by atoms with Gasteiger partial charge in [0.2, 0.25) is 5.91 Å². The molecule has 0 bridgehead atoms. The summed E-state index contributed by atoms with van der Waals surface area (Å²) in [5, 5.41) is 27.8. The van der Waals surface area contributed by atoms with Crippen molar-refractivity contribution in [3.05, 3.63) is 41.1 Å². The summed E-state index contributed by atoms with van der Waals surface area (Å²) in [6.07, 6.45) is 6.13. The molecule has 8 heteroatoms. The maximum absolute atomic E-state index is 13.7. The fraction of sp³-hybridized carbons (Fsp3) is 0.542. The smallest absolute Gasteiger partial charge is 0.303 e. The number of anilines is 2. The third-order valence-corrected chi connectivity index (χ3v) is 6.63. The molecule has 1 fully saturated rings. The highest BCUT2D eigenvalue weighted by Gasteiger charge is 2.48. The molecule has 1 saturated heterocycles. The molecule has 0 saturated carbocycles. The van der Waals surface area contributed by atoms with Gasteiger partial charge in [-0.15, -0.1) is 0 Å². The highest BCUT2D eigenvalue weighted by Crippen LogP contribution is 2.46. The van der Waals surface area contributed by atoms with Crippen LogP contribution in [0.15, 0.2) is 35.9 Å². The molecule has 2 amide bonds. The fourth-order valence-electron chi connectivity index (χ4n) is 5.21. The predicted octanol–water partition coefficient (Wildman–Crippen LogP) is 4.04. The fourth-order valence-corrected chi connectivity index (χ4v) is 5.21. The zero-order valence-corrected chi connectivity index (χ0v) is 18.9. The van der Waals surface area contributed by atoms with Crippen LogP contribution in [0.4, 0.5) is 11.4 Å². The second-order valence-electron chi connectivity index (χ2n) is 9.41. The minimum atomic E-state index is -0.927. The number of likely N-dealkylation sites (tertiary alicyclic amines) is 1. The van der Waals surface area contributed by atoms with Crippen LogP contribution in [0.5, 0.6) is 0 Å². The Morgan fingerprint density at radius 2 is 1.75 bits per heavy atom. The van der Waals surface area contributed by atoms with Crippen molar-refractivity contribution in [2.24, 2.45) is 5.41 Å². The highest BCUT2D eigenvalue weighted by molar-refractivity contribution is 5.93. The van der Waals surface area contributed by atoms with Gasteiger partial charge in [-0.05, 0) is 56.9 Å². The minimum absolute atomic E-state index is 0.0476. The second-order valence-corrected chi connectivity index (χ2v) is 9.41. The van der Waals surface area contributed by atoms with Crippen molar-refractivity contribution in [1.82, 2.24) is 0 Å². The van der Waals surface area contributed by atoms with Gasteiger partial charge in [0.1, 0.15) is 0 Å². The number of amides is 2. The van der Waals surface area contributed by atoms with Gasteiger partial charge >= 0.3 is 5.97 Å². The van der Waals surface area contributed by atoms with Gasteiger partial charge in [-0.3, -0.25) is 14.4 Å². The number of nitrogens with one attached hydrogen (secondary N) is 2. The molecule has 0 spiro atoms. The van der Waals surface area contributed by atoms with Crippen molar-refractivity contribution in [1.29, 1.82) is 0 Å². The maximum Gasteiger partial charge on any atom is 0.303 e. The molecule has 3 rings (SSSR count). The number of hydrogen-bond acceptors (Lipinski definition) is 4. The lowest BCUT2D eigenvalue weighted by molar-refractivity contribution is -0.911. The van der Waals surface area contributed by atoms with E-state index in [1.54, 1.807) is 24.3 Å². The summed E-state index contributed by atoms with van der Waals surface area (Å²) < 4.78 is -0.476. The molecular weight excluding hydrogens is 410 g/mol. The lowest BCUT2D eigenvalue weighted by atomic mass is 9.68. The van der Waals surface area contributed by atoms with Crippen LogP contribution in [-0.4, -0.2) is 46.7 Å². The van der Waals surface area contributed by atoms with Gasteiger partial charge in [0, 0.05) is 36.1 Å². The molecule has 174 valence electrons. The lowest BCUT2D eigenvalue weighted by Crippen LogP contribution is -2.63. The highest BCUT2D eigenvalue weighted by atomic mass is 16.5. The van der Waals surface area contributed by atoms with E-state index in [-0.39, 0.29) is 49.1 Å². The summed E-state index contributed by atoms with van der Waals surface area (Å²) in [5.74, 6) is -1.49. The van der Waals surface area contributed by atoms with Crippen molar-refractivity contribution in [2.45, 2.75) is 64.8 Å². The van der Waals surface area contributed by atoms with Gasteiger partial charge in [-0.2, -0.15) is 0 Å². The molecule has 1 aromatic rings. The van der Waals surface area contributed by atoms with Crippen LogP contribution in [0.2, 0.25) is 0 Å². The number of carboxylic acid groups (broad SMARTS) is 1. The molecule has 1 aliphatic heterocycles. The van der Waals surface area contributed by atoms with Crippen LogP contribution in [0.25, 0.3) is 0 Å². The van der Waals surface area contributed by atoms with Gasteiger partial charge in [-0.1, -0.05) is 18.6 Å². The summed E-state index contributed by atoms with van der Waals surface area (Å²) in [6.45, 7) is 4.63. The second kappa shape index (κ2) is 9.83. The summed E-state index contributed by atoms with van der Waals surface area (Å²) in [6, 6.07) is 6.59. The maximum atomic E-state index is 13.7. The van der Waals surface area contributed by atoms with Crippen LogP contribution >= 0.6 is 0 Å². The van der Waals surface area contributed by atoms with E-state index in [1.807, 2.05) is 0 Å². The number of carbonyl (C=O) groups excluding carboxylic acids is 2.